The molecular formula is C13H21F3N2S. The number of hydrogen-bond donors (Lipinski definition) is 1. The second-order valence-corrected chi connectivity index (χ2v) is 6.02. The van der Waals surface area contributed by atoms with E-state index in [1.54, 1.807) is 25.2 Å². The average molecular weight is 294 g/mol. The third-order valence-electron chi connectivity index (χ3n) is 2.74. The van der Waals surface area contributed by atoms with Gasteiger partial charge in [0.2, 0.25) is 0 Å². The summed E-state index contributed by atoms with van der Waals surface area (Å²) in [5.41, 5.74) is 0. The van der Waals surface area contributed by atoms with Crippen molar-refractivity contribution in [3.05, 3.63) is 21.9 Å². The van der Waals surface area contributed by atoms with Gasteiger partial charge in [-0.3, -0.25) is 4.90 Å². The molecule has 1 aromatic rings. The van der Waals surface area contributed by atoms with E-state index in [1.807, 2.05) is 19.1 Å². The Kier molecular flexibility index (Phi) is 6.29. The molecule has 0 atom stereocenters. The number of thiophene rings is 1. The lowest BCUT2D eigenvalue weighted by molar-refractivity contribution is -0.150. The van der Waals surface area contributed by atoms with Crippen molar-refractivity contribution in [3.63, 3.8) is 0 Å². The van der Waals surface area contributed by atoms with Crippen LogP contribution < -0.4 is 5.32 Å². The first kappa shape index (κ1) is 16.5. The van der Waals surface area contributed by atoms with Crippen LogP contribution in [0.3, 0.4) is 0 Å². The lowest BCUT2D eigenvalue weighted by Gasteiger charge is -2.26. The van der Waals surface area contributed by atoms with Crippen molar-refractivity contribution in [2.45, 2.75) is 46.1 Å². The molecule has 0 saturated carbocycles. The highest BCUT2D eigenvalue weighted by Gasteiger charge is 2.31. The minimum absolute atomic E-state index is 0.124. The second kappa shape index (κ2) is 7.26. The first-order valence-corrected chi connectivity index (χ1v) is 7.22. The molecule has 0 fully saturated rings. The Hall–Kier alpha value is -0.590. The van der Waals surface area contributed by atoms with Crippen LogP contribution in [0.5, 0.6) is 0 Å². The molecule has 0 aromatic carbocycles. The fourth-order valence-electron chi connectivity index (χ4n) is 1.70. The third-order valence-corrected chi connectivity index (χ3v) is 3.81. The number of nitrogens with one attached hydrogen (secondary N) is 1. The quantitative estimate of drug-likeness (QED) is 0.826. The predicted molar refractivity (Wildman–Crippen MR) is 73.3 cm³/mol. The summed E-state index contributed by atoms with van der Waals surface area (Å²) in [6, 6.07) is 3.78. The summed E-state index contributed by atoms with van der Waals surface area (Å²) in [5, 5.41) is 3.21. The summed E-state index contributed by atoms with van der Waals surface area (Å²) in [4.78, 5) is 3.58. The van der Waals surface area contributed by atoms with Crippen molar-refractivity contribution in [2.75, 3.05) is 13.1 Å². The van der Waals surface area contributed by atoms with Gasteiger partial charge in [0.05, 0.1) is 6.54 Å². The van der Waals surface area contributed by atoms with Gasteiger partial charge in [-0.05, 0) is 32.5 Å². The smallest absolute Gasteiger partial charge is 0.312 e. The minimum atomic E-state index is -4.14. The minimum Gasteiger partial charge on any atom is -0.312 e. The zero-order chi connectivity index (χ0) is 14.5. The van der Waals surface area contributed by atoms with Gasteiger partial charge in [-0.1, -0.05) is 6.92 Å². The Balaban J connectivity index is 2.61. The van der Waals surface area contributed by atoms with Crippen LogP contribution in [-0.2, 0) is 13.1 Å². The summed E-state index contributed by atoms with van der Waals surface area (Å²) in [5.74, 6) is 0. The molecule has 0 bridgehead atoms. The van der Waals surface area contributed by atoms with Gasteiger partial charge in [-0.2, -0.15) is 13.2 Å². The molecule has 0 unspecified atom stereocenters. The van der Waals surface area contributed by atoms with Gasteiger partial charge in [0, 0.05) is 28.9 Å². The predicted octanol–water partition coefficient (Wildman–Crippen LogP) is 3.63. The van der Waals surface area contributed by atoms with Crippen LogP contribution in [0.1, 0.15) is 30.5 Å². The molecular weight excluding hydrogens is 273 g/mol. The molecule has 0 saturated heterocycles. The summed E-state index contributed by atoms with van der Waals surface area (Å²) < 4.78 is 37.5. The molecule has 0 spiro atoms. The molecule has 1 heterocycles. The molecule has 1 rings (SSSR count). The highest BCUT2D eigenvalue weighted by molar-refractivity contribution is 7.11. The Bertz CT molecular complexity index is 374. The van der Waals surface area contributed by atoms with Crippen molar-refractivity contribution in [1.29, 1.82) is 0 Å². The van der Waals surface area contributed by atoms with Gasteiger partial charge >= 0.3 is 6.18 Å². The number of alkyl halides is 3. The van der Waals surface area contributed by atoms with Crippen LogP contribution >= 0.6 is 11.3 Å². The Morgan fingerprint density at radius 1 is 1.26 bits per heavy atom. The first-order valence-electron chi connectivity index (χ1n) is 6.41. The van der Waals surface area contributed by atoms with Crippen molar-refractivity contribution in [2.24, 2.45) is 0 Å². The standard InChI is InChI=1S/C13H21F3N2S/c1-4-17-7-11-5-6-12(19-11)8-18(10(2)3)9-13(14,15)16/h5-6,10,17H,4,7-9H2,1-3H3. The van der Waals surface area contributed by atoms with Gasteiger partial charge in [0.15, 0.2) is 0 Å². The molecule has 0 aliphatic rings. The molecule has 1 N–H and O–H groups in total. The molecule has 19 heavy (non-hydrogen) atoms. The van der Waals surface area contributed by atoms with E-state index < -0.39 is 12.7 Å². The molecule has 0 radical (unpaired) electrons. The van der Waals surface area contributed by atoms with Gasteiger partial charge in [0.25, 0.3) is 0 Å². The van der Waals surface area contributed by atoms with Crippen LogP contribution in [0, 0.1) is 0 Å². The van der Waals surface area contributed by atoms with Crippen molar-refractivity contribution >= 4 is 11.3 Å². The molecule has 0 amide bonds. The topological polar surface area (TPSA) is 15.3 Å². The van der Waals surface area contributed by atoms with Crippen LogP contribution in [0.15, 0.2) is 12.1 Å². The Morgan fingerprint density at radius 2 is 1.89 bits per heavy atom. The monoisotopic (exact) mass is 294 g/mol. The van der Waals surface area contributed by atoms with Crippen LogP contribution in [0.2, 0.25) is 0 Å². The van der Waals surface area contributed by atoms with E-state index in [9.17, 15) is 13.2 Å². The van der Waals surface area contributed by atoms with Crippen LogP contribution in [0.25, 0.3) is 0 Å². The number of nitrogens with zero attached hydrogens (tertiary/aromatic N) is 1. The maximum atomic E-state index is 12.5. The molecule has 6 heteroatoms. The SMILES string of the molecule is CCNCc1ccc(CN(CC(F)(F)F)C(C)C)s1. The van der Waals surface area contributed by atoms with E-state index in [1.165, 1.54) is 4.90 Å². The summed E-state index contributed by atoms with van der Waals surface area (Å²) in [6.07, 6.45) is -4.14. The molecule has 2 nitrogen and oxygen atoms in total. The lowest BCUT2D eigenvalue weighted by Crippen LogP contribution is -2.38. The highest BCUT2D eigenvalue weighted by Crippen LogP contribution is 2.23. The highest BCUT2D eigenvalue weighted by atomic mass is 32.1. The number of rotatable bonds is 7. The van der Waals surface area contributed by atoms with Gasteiger partial charge < -0.3 is 5.32 Å². The number of halogens is 3. The summed E-state index contributed by atoms with van der Waals surface area (Å²) >= 11 is 1.57. The van der Waals surface area contributed by atoms with E-state index in [0.29, 0.717) is 6.54 Å². The van der Waals surface area contributed by atoms with E-state index in [4.69, 9.17) is 0 Å². The maximum Gasteiger partial charge on any atom is 0.401 e. The van der Waals surface area contributed by atoms with Crippen molar-refractivity contribution in [3.8, 4) is 0 Å². The first-order chi connectivity index (χ1) is 8.81. The zero-order valence-electron chi connectivity index (χ0n) is 11.5. The van der Waals surface area contributed by atoms with Crippen LogP contribution in [0.4, 0.5) is 13.2 Å². The number of hydrogen-bond acceptors (Lipinski definition) is 3. The zero-order valence-corrected chi connectivity index (χ0v) is 12.4. The molecule has 1 aromatic heterocycles. The molecule has 0 aliphatic heterocycles. The molecule has 0 aliphatic carbocycles. The van der Waals surface area contributed by atoms with Crippen molar-refractivity contribution in [1.82, 2.24) is 10.2 Å². The summed E-state index contributed by atoms with van der Waals surface area (Å²) in [7, 11) is 0. The summed E-state index contributed by atoms with van der Waals surface area (Å²) in [6.45, 7) is 6.77. The third kappa shape index (κ3) is 6.40. The van der Waals surface area contributed by atoms with Crippen LogP contribution in [-0.4, -0.2) is 30.2 Å². The fourth-order valence-corrected chi connectivity index (χ4v) is 2.72. The van der Waals surface area contributed by atoms with Crippen molar-refractivity contribution < 1.29 is 13.2 Å². The van der Waals surface area contributed by atoms with Gasteiger partial charge in [0.1, 0.15) is 0 Å². The fraction of sp³-hybridized carbons (Fsp3) is 0.692. The van der Waals surface area contributed by atoms with E-state index in [-0.39, 0.29) is 6.04 Å². The van der Waals surface area contributed by atoms with E-state index in [2.05, 4.69) is 5.32 Å². The normalized spacial score (nSPS) is 12.6. The van der Waals surface area contributed by atoms with Gasteiger partial charge in [-0.25, -0.2) is 0 Å². The second-order valence-electron chi connectivity index (χ2n) is 4.76. The lowest BCUT2D eigenvalue weighted by atomic mass is 10.3. The Labute approximate surface area is 116 Å². The Morgan fingerprint density at radius 3 is 2.42 bits per heavy atom. The largest absolute Gasteiger partial charge is 0.401 e. The maximum absolute atomic E-state index is 12.5. The average Bonchev–Trinajstić information content (AvgIpc) is 2.71. The van der Waals surface area contributed by atoms with Gasteiger partial charge in [-0.15, -0.1) is 11.3 Å². The molecule has 110 valence electrons. The van der Waals surface area contributed by atoms with E-state index >= 15 is 0 Å². The van der Waals surface area contributed by atoms with E-state index in [0.717, 1.165) is 22.8 Å².